The SMILES string of the molecule is Cc1c(C)c(S(=O)(=O)NC(N)=NCCCC(NC(=O)C(Cc2ccc(OC(C)(C)C)cc2)NC(=O)C(CC(C)C)NC(=O)OC(C)(C)C)C(=O)NC(C)C(=O)NC(Cc2ccc(OC(C)(C)C)cc2)C(=O)NN)c(C)c2c1OC(C)(C)C2. The van der Waals surface area contributed by atoms with Gasteiger partial charge in [-0.1, -0.05) is 38.1 Å². The van der Waals surface area contributed by atoms with E-state index in [9.17, 15) is 37.2 Å². The van der Waals surface area contributed by atoms with Gasteiger partial charge in [0.1, 0.15) is 69.9 Å². The minimum absolute atomic E-state index is 0.0218. The molecule has 0 aliphatic carbocycles. The van der Waals surface area contributed by atoms with Gasteiger partial charge in [0.2, 0.25) is 29.6 Å². The number of carbonyl (C=O) groups excluding carboxylic acids is 6. The molecule has 5 atom stereocenters. The second-order valence-corrected chi connectivity index (χ2v) is 26.6. The molecule has 0 aromatic heterocycles. The number of carbonyl (C=O) groups is 6. The number of benzene rings is 3. The molecular weight excluding hydrogens is 1070 g/mol. The standard InChI is InChI=1S/C59H90N10O12S/c1-33(2)29-44(67-55(75)81-58(13,14)15)51(72)66-45(30-38-20-24-40(25-21-38)78-56(7,8)9)52(73)64-43(19-18-28-62-54(60)69-82(76,77)48-35(4)34(3)47-42(36(48)5)32-59(16,17)80-47)50(71)63-37(6)49(70)65-46(53(74)68-61)31-39-22-26-41(27-23-39)79-57(10,11)12/h20-27,33,37,43-46H,18-19,28-32,61H2,1-17H3,(H,63,71)(H,64,73)(H,65,70)(H,66,72)(H,67,75)(H,68,74)(H3,60,62,69). The lowest BCUT2D eigenvalue weighted by Gasteiger charge is -2.27. The first-order chi connectivity index (χ1) is 37.8. The summed E-state index contributed by atoms with van der Waals surface area (Å²) in [6, 6.07) is 7.52. The lowest BCUT2D eigenvalue weighted by atomic mass is 9.94. The highest BCUT2D eigenvalue weighted by molar-refractivity contribution is 7.90. The van der Waals surface area contributed by atoms with Gasteiger partial charge in [-0.2, -0.15) is 0 Å². The van der Waals surface area contributed by atoms with Crippen molar-refractivity contribution in [1.29, 1.82) is 0 Å². The molecule has 1 aliphatic rings. The van der Waals surface area contributed by atoms with E-state index in [0.29, 0.717) is 51.5 Å². The average molecular weight is 1160 g/mol. The first-order valence-corrected chi connectivity index (χ1v) is 29.2. The van der Waals surface area contributed by atoms with E-state index in [2.05, 4.69) is 41.7 Å². The van der Waals surface area contributed by atoms with Crippen LogP contribution in [0.1, 0.15) is 150 Å². The minimum Gasteiger partial charge on any atom is -0.488 e. The predicted octanol–water partition coefficient (Wildman–Crippen LogP) is 5.43. The van der Waals surface area contributed by atoms with Crippen LogP contribution in [-0.2, 0) is 58.0 Å². The molecule has 82 heavy (non-hydrogen) atoms. The zero-order chi connectivity index (χ0) is 61.9. The largest absolute Gasteiger partial charge is 0.488 e. The van der Waals surface area contributed by atoms with E-state index in [1.807, 2.05) is 69.2 Å². The van der Waals surface area contributed by atoms with Gasteiger partial charge in [0, 0.05) is 31.4 Å². The van der Waals surface area contributed by atoms with Gasteiger partial charge in [-0.3, -0.25) is 34.4 Å². The maximum atomic E-state index is 14.7. The Morgan fingerprint density at radius 2 is 1.12 bits per heavy atom. The second kappa shape index (κ2) is 27.8. The number of hydrogen-bond acceptors (Lipinski definition) is 14. The molecule has 11 N–H and O–H groups in total. The first-order valence-electron chi connectivity index (χ1n) is 27.7. The van der Waals surface area contributed by atoms with Gasteiger partial charge in [-0.05, 0) is 181 Å². The van der Waals surface area contributed by atoms with Crippen molar-refractivity contribution >= 4 is 51.6 Å². The van der Waals surface area contributed by atoms with E-state index in [-0.39, 0.29) is 49.5 Å². The van der Waals surface area contributed by atoms with E-state index >= 15 is 0 Å². The van der Waals surface area contributed by atoms with Crippen molar-refractivity contribution in [2.45, 2.75) is 214 Å². The third kappa shape index (κ3) is 21.0. The van der Waals surface area contributed by atoms with Crippen molar-refractivity contribution in [3.8, 4) is 17.2 Å². The third-order valence-corrected chi connectivity index (χ3v) is 14.4. The highest BCUT2D eigenvalue weighted by Gasteiger charge is 2.38. The number of hydrazine groups is 1. The number of amides is 6. The Bertz CT molecular complexity index is 2910. The van der Waals surface area contributed by atoms with Crippen molar-refractivity contribution in [3.05, 3.63) is 81.9 Å². The molecule has 3 aromatic carbocycles. The number of ether oxygens (including phenoxy) is 4. The number of fused-ring (bicyclic) bond motifs is 1. The van der Waals surface area contributed by atoms with Gasteiger partial charge in [0.05, 0.1) is 4.90 Å². The molecule has 1 aliphatic heterocycles. The number of nitrogens with zero attached hydrogens (tertiary/aromatic N) is 1. The zero-order valence-corrected chi connectivity index (χ0v) is 51.8. The molecule has 0 bridgehead atoms. The molecule has 454 valence electrons. The number of aliphatic imine (C=N–C) groups is 1. The van der Waals surface area contributed by atoms with Crippen molar-refractivity contribution in [2.24, 2.45) is 22.5 Å². The van der Waals surface area contributed by atoms with Crippen LogP contribution in [0.15, 0.2) is 58.4 Å². The molecule has 23 heteroatoms. The molecule has 6 amide bonds. The molecule has 3 aromatic rings. The maximum absolute atomic E-state index is 14.7. The van der Waals surface area contributed by atoms with Crippen LogP contribution in [0.2, 0.25) is 0 Å². The van der Waals surface area contributed by atoms with Gasteiger partial charge in [0.15, 0.2) is 0 Å². The van der Waals surface area contributed by atoms with Crippen LogP contribution in [0, 0.1) is 26.7 Å². The van der Waals surface area contributed by atoms with Crippen molar-refractivity contribution < 1.29 is 56.1 Å². The van der Waals surface area contributed by atoms with Crippen LogP contribution < -0.4 is 62.5 Å². The van der Waals surface area contributed by atoms with E-state index < -0.39 is 104 Å². The van der Waals surface area contributed by atoms with E-state index in [1.165, 1.54) is 6.92 Å². The summed E-state index contributed by atoms with van der Waals surface area (Å²) in [4.78, 5) is 87.7. The molecule has 22 nitrogen and oxygen atoms in total. The number of nitrogens with two attached hydrogens (primary N) is 2. The number of sulfonamides is 1. The van der Waals surface area contributed by atoms with Crippen LogP contribution in [-0.4, -0.2) is 109 Å². The Hall–Kier alpha value is -7.14. The normalized spacial score (nSPS) is 15.3. The summed E-state index contributed by atoms with van der Waals surface area (Å²) in [5.74, 6) is 3.04. The Kier molecular flexibility index (Phi) is 22.8. The molecule has 0 saturated carbocycles. The summed E-state index contributed by atoms with van der Waals surface area (Å²) in [7, 11) is -4.26. The van der Waals surface area contributed by atoms with Crippen LogP contribution >= 0.6 is 0 Å². The molecule has 0 saturated heterocycles. The summed E-state index contributed by atoms with van der Waals surface area (Å²) >= 11 is 0. The fraction of sp³-hybridized carbons (Fsp3) is 0.576. The van der Waals surface area contributed by atoms with Crippen LogP contribution in [0.4, 0.5) is 4.79 Å². The fourth-order valence-corrected chi connectivity index (χ4v) is 10.6. The predicted molar refractivity (Wildman–Crippen MR) is 315 cm³/mol. The Balaban J connectivity index is 1.66. The highest BCUT2D eigenvalue weighted by atomic mass is 32.2. The molecule has 1 heterocycles. The zero-order valence-electron chi connectivity index (χ0n) is 50.9. The van der Waals surface area contributed by atoms with Crippen molar-refractivity contribution in [3.63, 3.8) is 0 Å². The van der Waals surface area contributed by atoms with E-state index in [4.69, 9.17) is 30.5 Å². The second-order valence-electron chi connectivity index (χ2n) is 24.9. The number of nitrogens with one attached hydrogen (secondary N) is 7. The van der Waals surface area contributed by atoms with Gasteiger partial charge in [0.25, 0.3) is 15.9 Å². The molecular formula is C59H90N10O12S. The Morgan fingerprint density at radius 1 is 0.646 bits per heavy atom. The number of rotatable bonds is 24. The summed E-state index contributed by atoms with van der Waals surface area (Å²) in [5, 5.41) is 13.5. The average Bonchev–Trinajstić information content (AvgIpc) is 3.34. The molecule has 0 radical (unpaired) electrons. The molecule has 0 spiro atoms. The monoisotopic (exact) mass is 1160 g/mol. The maximum Gasteiger partial charge on any atom is 0.408 e. The molecule has 0 fully saturated rings. The van der Waals surface area contributed by atoms with Gasteiger partial charge in [-0.25, -0.2) is 23.8 Å². The fourth-order valence-electron chi connectivity index (χ4n) is 9.09. The van der Waals surface area contributed by atoms with Crippen LogP contribution in [0.25, 0.3) is 0 Å². The topological polar surface area (TPSA) is 322 Å². The molecule has 5 unspecified atom stereocenters. The van der Waals surface area contributed by atoms with Gasteiger partial charge >= 0.3 is 6.09 Å². The van der Waals surface area contributed by atoms with Crippen molar-refractivity contribution in [1.82, 2.24) is 36.7 Å². The lowest BCUT2D eigenvalue weighted by molar-refractivity contribution is -0.134. The third-order valence-electron chi connectivity index (χ3n) is 12.8. The van der Waals surface area contributed by atoms with E-state index in [1.54, 1.807) is 90.1 Å². The minimum atomic E-state index is -4.26. The van der Waals surface area contributed by atoms with Crippen LogP contribution in [0.5, 0.6) is 17.2 Å². The number of guanidine groups is 1. The Labute approximate surface area is 484 Å². The lowest BCUT2D eigenvalue weighted by Crippen LogP contribution is -2.59. The number of alkyl carbamates (subject to hydrolysis) is 1. The molecule has 4 rings (SSSR count). The van der Waals surface area contributed by atoms with Crippen LogP contribution in [0.3, 0.4) is 0 Å². The summed E-state index contributed by atoms with van der Waals surface area (Å²) in [6.45, 7) is 30.5. The summed E-state index contributed by atoms with van der Waals surface area (Å²) < 4.78 is 53.9. The number of hydrogen-bond donors (Lipinski definition) is 9. The highest BCUT2D eigenvalue weighted by Crippen LogP contribution is 2.43. The van der Waals surface area contributed by atoms with E-state index in [0.717, 1.165) is 5.56 Å². The summed E-state index contributed by atoms with van der Waals surface area (Å²) in [6.07, 6.45) is -0.340. The first kappa shape index (κ1) is 67.4. The van der Waals surface area contributed by atoms with Gasteiger partial charge < -0.3 is 51.3 Å². The summed E-state index contributed by atoms with van der Waals surface area (Å²) in [5.41, 5.74) is 9.70. The van der Waals surface area contributed by atoms with Gasteiger partial charge in [-0.15, -0.1) is 0 Å². The smallest absolute Gasteiger partial charge is 0.408 e. The quantitative estimate of drug-likeness (QED) is 0.0135. The Morgan fingerprint density at radius 3 is 1.61 bits per heavy atom. The van der Waals surface area contributed by atoms with Crippen molar-refractivity contribution in [2.75, 3.05) is 6.54 Å².